The zero-order valence-corrected chi connectivity index (χ0v) is 16.6. The molecule has 146 valence electrons. The maximum absolute atomic E-state index is 12.5. The van der Waals surface area contributed by atoms with Crippen molar-refractivity contribution in [1.29, 1.82) is 0 Å². The molecule has 1 atom stereocenters. The van der Waals surface area contributed by atoms with Crippen molar-refractivity contribution >= 4 is 33.5 Å². The molecule has 1 fully saturated rings. The molecule has 1 aliphatic rings. The summed E-state index contributed by atoms with van der Waals surface area (Å²) < 4.78 is 10.5. The Hall–Kier alpha value is -2.22. The number of aryl methyl sites for hydroxylation is 1. The van der Waals surface area contributed by atoms with Crippen LogP contribution in [0.2, 0.25) is 0 Å². The van der Waals surface area contributed by atoms with Gasteiger partial charge in [-0.25, -0.2) is 9.78 Å². The highest BCUT2D eigenvalue weighted by atomic mass is 32.1. The maximum Gasteiger partial charge on any atom is 0.348 e. The maximum atomic E-state index is 12.5. The molecule has 8 heteroatoms. The molecule has 0 aliphatic heterocycles. The largest absolute Gasteiger partial charge is 0.462 e. The highest BCUT2D eigenvalue weighted by molar-refractivity contribution is 7.20. The molecule has 2 heterocycles. The molecule has 1 saturated carbocycles. The Morgan fingerprint density at radius 2 is 2.04 bits per heavy atom. The van der Waals surface area contributed by atoms with Crippen LogP contribution in [-0.2, 0) is 14.3 Å². The third-order valence-corrected chi connectivity index (χ3v) is 6.07. The van der Waals surface area contributed by atoms with Gasteiger partial charge in [-0.1, -0.05) is 12.8 Å². The molecule has 0 saturated heterocycles. The molecule has 1 N–H and O–H groups in total. The van der Waals surface area contributed by atoms with E-state index < -0.39 is 12.1 Å². The van der Waals surface area contributed by atoms with Crippen molar-refractivity contribution < 1.29 is 19.1 Å². The molecule has 0 aromatic carbocycles. The lowest BCUT2D eigenvalue weighted by Crippen LogP contribution is -2.18. The number of hydrogen-bond acceptors (Lipinski definition) is 7. The van der Waals surface area contributed by atoms with Crippen LogP contribution in [0.5, 0.6) is 0 Å². The van der Waals surface area contributed by atoms with Gasteiger partial charge in [-0.2, -0.15) is 0 Å². The molecule has 27 heavy (non-hydrogen) atoms. The normalized spacial score (nSPS) is 15.8. The number of aromatic nitrogens is 2. The van der Waals surface area contributed by atoms with Crippen LogP contribution in [0.3, 0.4) is 0 Å². The van der Waals surface area contributed by atoms with Gasteiger partial charge in [0.15, 0.2) is 11.9 Å². The Kier molecular flexibility index (Phi) is 5.94. The van der Waals surface area contributed by atoms with E-state index in [0.29, 0.717) is 33.0 Å². The van der Waals surface area contributed by atoms with Crippen molar-refractivity contribution in [3.8, 4) is 0 Å². The highest BCUT2D eigenvalue weighted by Gasteiger charge is 2.24. The highest BCUT2D eigenvalue weighted by Crippen LogP contribution is 2.30. The molecule has 3 rings (SSSR count). The van der Waals surface area contributed by atoms with Gasteiger partial charge in [0, 0.05) is 6.42 Å². The Morgan fingerprint density at radius 3 is 2.70 bits per heavy atom. The molecular formula is C19H24N2O5S. The van der Waals surface area contributed by atoms with Gasteiger partial charge in [0.1, 0.15) is 9.71 Å². The molecule has 1 aliphatic carbocycles. The lowest BCUT2D eigenvalue weighted by atomic mass is 10.0. The summed E-state index contributed by atoms with van der Waals surface area (Å²) in [6.45, 7) is 5.37. The minimum Gasteiger partial charge on any atom is -0.462 e. The lowest BCUT2D eigenvalue weighted by Gasteiger charge is -2.14. The Morgan fingerprint density at radius 1 is 1.33 bits per heavy atom. The molecular weight excluding hydrogens is 368 g/mol. The molecule has 7 nitrogen and oxygen atoms in total. The number of nitrogens with zero attached hydrogens (tertiary/aromatic N) is 1. The summed E-state index contributed by atoms with van der Waals surface area (Å²) in [5, 5.41) is 0.372. The van der Waals surface area contributed by atoms with Crippen molar-refractivity contribution in [2.45, 2.75) is 59.0 Å². The Balaban J connectivity index is 1.81. The topological polar surface area (TPSA) is 98.3 Å². The van der Waals surface area contributed by atoms with Crippen LogP contribution in [0.1, 0.15) is 73.1 Å². The summed E-state index contributed by atoms with van der Waals surface area (Å²) in [5.41, 5.74) is 0.206. The second-order valence-electron chi connectivity index (χ2n) is 6.89. The predicted octanol–water partition coefficient (Wildman–Crippen LogP) is 3.65. The summed E-state index contributed by atoms with van der Waals surface area (Å²) in [6, 6.07) is 0. The number of rotatable bonds is 6. The number of aromatic amines is 1. The van der Waals surface area contributed by atoms with Gasteiger partial charge >= 0.3 is 11.9 Å². The number of nitrogens with one attached hydrogen (secondary N) is 1. The average Bonchev–Trinajstić information content (AvgIpc) is 3.22. The SMILES string of the molecule is CCOC(=O)c1sc2nc([C@H](C)OC(=O)CC3CCCC3)[nH]c(=O)c2c1C. The molecule has 2 aromatic heterocycles. The number of fused-ring (bicyclic) bond motifs is 1. The van der Waals surface area contributed by atoms with Gasteiger partial charge in [-0.15, -0.1) is 11.3 Å². The van der Waals surface area contributed by atoms with Gasteiger partial charge < -0.3 is 14.5 Å². The van der Waals surface area contributed by atoms with Crippen LogP contribution in [0.25, 0.3) is 10.2 Å². The standard InChI is InChI=1S/C19H24N2O5S/c1-4-25-19(24)15-10(2)14-17(23)20-16(21-18(14)27-15)11(3)26-13(22)9-12-7-5-6-8-12/h11-12H,4-9H2,1-3H3,(H,20,21,23)/t11-/m0/s1. The quantitative estimate of drug-likeness (QED) is 0.754. The fourth-order valence-electron chi connectivity index (χ4n) is 3.50. The summed E-state index contributed by atoms with van der Waals surface area (Å²) in [7, 11) is 0. The molecule has 0 bridgehead atoms. The Labute approximate surface area is 161 Å². The van der Waals surface area contributed by atoms with E-state index in [4.69, 9.17) is 9.47 Å². The van der Waals surface area contributed by atoms with Crippen LogP contribution >= 0.6 is 11.3 Å². The van der Waals surface area contributed by atoms with E-state index in [-0.39, 0.29) is 24.0 Å². The van der Waals surface area contributed by atoms with Gasteiger partial charge in [-0.3, -0.25) is 9.59 Å². The monoisotopic (exact) mass is 392 g/mol. The van der Waals surface area contributed by atoms with E-state index in [9.17, 15) is 14.4 Å². The van der Waals surface area contributed by atoms with E-state index in [1.54, 1.807) is 20.8 Å². The fraction of sp³-hybridized carbons (Fsp3) is 0.579. The molecule has 0 spiro atoms. The number of H-pyrrole nitrogens is 1. The van der Waals surface area contributed by atoms with Crippen LogP contribution < -0.4 is 5.56 Å². The Bertz CT molecular complexity index is 911. The van der Waals surface area contributed by atoms with Crippen molar-refractivity contribution in [1.82, 2.24) is 9.97 Å². The zero-order chi connectivity index (χ0) is 19.6. The number of hydrogen-bond donors (Lipinski definition) is 1. The summed E-state index contributed by atoms with van der Waals surface area (Å²) >= 11 is 1.12. The van der Waals surface area contributed by atoms with Crippen molar-refractivity contribution in [2.24, 2.45) is 5.92 Å². The van der Waals surface area contributed by atoms with E-state index >= 15 is 0 Å². The van der Waals surface area contributed by atoms with Crippen LogP contribution in [0.4, 0.5) is 0 Å². The number of carbonyl (C=O) groups excluding carboxylic acids is 2. The molecule has 0 radical (unpaired) electrons. The van der Waals surface area contributed by atoms with Gasteiger partial charge in [-0.05, 0) is 45.1 Å². The van der Waals surface area contributed by atoms with Crippen molar-refractivity contribution in [2.75, 3.05) is 6.61 Å². The molecule has 2 aromatic rings. The number of ether oxygens (including phenoxy) is 2. The average molecular weight is 392 g/mol. The van der Waals surface area contributed by atoms with E-state index in [1.807, 2.05) is 0 Å². The van der Waals surface area contributed by atoms with E-state index in [2.05, 4.69) is 9.97 Å². The van der Waals surface area contributed by atoms with E-state index in [1.165, 1.54) is 12.8 Å². The molecule has 0 unspecified atom stereocenters. The van der Waals surface area contributed by atoms with Gasteiger partial charge in [0.2, 0.25) is 0 Å². The van der Waals surface area contributed by atoms with Crippen molar-refractivity contribution in [3.63, 3.8) is 0 Å². The fourth-order valence-corrected chi connectivity index (χ4v) is 4.58. The van der Waals surface area contributed by atoms with Crippen molar-refractivity contribution in [3.05, 3.63) is 26.6 Å². The first-order valence-electron chi connectivity index (χ1n) is 9.30. The lowest BCUT2D eigenvalue weighted by molar-refractivity contribution is -0.150. The third-order valence-electron chi connectivity index (χ3n) is 4.90. The summed E-state index contributed by atoms with van der Waals surface area (Å²) in [5.74, 6) is -0.0584. The third kappa shape index (κ3) is 4.21. The first kappa shape index (κ1) is 19.5. The van der Waals surface area contributed by atoms with E-state index in [0.717, 1.165) is 24.2 Å². The second-order valence-corrected chi connectivity index (χ2v) is 7.89. The van der Waals surface area contributed by atoms with Gasteiger partial charge in [0.25, 0.3) is 5.56 Å². The van der Waals surface area contributed by atoms with Gasteiger partial charge in [0.05, 0.1) is 12.0 Å². The number of thiophene rings is 1. The zero-order valence-electron chi connectivity index (χ0n) is 15.8. The van der Waals surface area contributed by atoms with Crippen LogP contribution in [0.15, 0.2) is 4.79 Å². The summed E-state index contributed by atoms with van der Waals surface area (Å²) in [6.07, 6.45) is 4.20. The number of carbonyl (C=O) groups is 2. The minimum atomic E-state index is -0.663. The van der Waals surface area contributed by atoms with Crippen LogP contribution in [-0.4, -0.2) is 28.5 Å². The predicted molar refractivity (Wildman–Crippen MR) is 102 cm³/mol. The second kappa shape index (κ2) is 8.21. The number of esters is 2. The smallest absolute Gasteiger partial charge is 0.348 e. The first-order valence-corrected chi connectivity index (χ1v) is 10.1. The minimum absolute atomic E-state index is 0.259. The summed E-state index contributed by atoms with van der Waals surface area (Å²) in [4.78, 5) is 44.6. The first-order chi connectivity index (χ1) is 12.9. The molecule has 0 amide bonds. The van der Waals surface area contributed by atoms with Crippen LogP contribution in [0, 0.1) is 12.8 Å².